The first-order valence-electron chi connectivity index (χ1n) is 6.73. The molecular formula is C17H21NO3. The molecule has 4 nitrogen and oxygen atoms in total. The van der Waals surface area contributed by atoms with Crippen molar-refractivity contribution < 1.29 is 14.2 Å². The molecule has 0 radical (unpaired) electrons. The molecule has 2 N–H and O–H groups in total. The van der Waals surface area contributed by atoms with Crippen LogP contribution in [0.1, 0.15) is 16.7 Å². The number of hydrogen-bond acceptors (Lipinski definition) is 4. The van der Waals surface area contributed by atoms with Crippen LogP contribution >= 0.6 is 0 Å². The van der Waals surface area contributed by atoms with Crippen LogP contribution in [0.15, 0.2) is 24.3 Å². The van der Waals surface area contributed by atoms with Crippen LogP contribution in [0.2, 0.25) is 0 Å². The minimum absolute atomic E-state index is 0.506. The summed E-state index contributed by atoms with van der Waals surface area (Å²) in [4.78, 5) is 0. The van der Waals surface area contributed by atoms with Gasteiger partial charge in [-0.25, -0.2) is 0 Å². The van der Waals surface area contributed by atoms with Gasteiger partial charge in [-0.3, -0.25) is 0 Å². The number of aryl methyl sites for hydroxylation is 2. The van der Waals surface area contributed by atoms with E-state index in [2.05, 4.69) is 13.0 Å². The van der Waals surface area contributed by atoms with Gasteiger partial charge in [-0.05, 0) is 43.5 Å². The molecule has 2 rings (SSSR count). The number of nitrogen functional groups attached to an aromatic ring is 1. The quantitative estimate of drug-likeness (QED) is 0.863. The molecule has 4 heteroatoms. The van der Waals surface area contributed by atoms with E-state index in [1.807, 2.05) is 19.9 Å². The van der Waals surface area contributed by atoms with Crippen LogP contribution < -0.4 is 19.9 Å². The molecule has 0 amide bonds. The average molecular weight is 287 g/mol. The van der Waals surface area contributed by atoms with E-state index < -0.39 is 0 Å². The molecule has 0 fully saturated rings. The zero-order valence-corrected chi connectivity index (χ0v) is 13.1. The molecule has 0 atom stereocenters. The fourth-order valence-corrected chi connectivity index (χ4v) is 2.19. The fraction of sp³-hybridized carbons (Fsp3) is 0.294. The summed E-state index contributed by atoms with van der Waals surface area (Å²) in [6, 6.07) is 7.57. The zero-order chi connectivity index (χ0) is 15.6. The minimum atomic E-state index is 0.506. The SMILES string of the molecule is COc1cc(N)c(Oc2cc(C)cc(C)c2C)cc1OC. The number of hydrogen-bond donors (Lipinski definition) is 1. The Bertz CT molecular complexity index is 666. The molecule has 2 aromatic carbocycles. The zero-order valence-electron chi connectivity index (χ0n) is 13.1. The van der Waals surface area contributed by atoms with Crippen molar-refractivity contribution in [2.75, 3.05) is 20.0 Å². The maximum atomic E-state index is 6.03. The molecule has 2 aromatic rings. The Labute approximate surface area is 125 Å². The maximum Gasteiger partial charge on any atom is 0.164 e. The largest absolute Gasteiger partial charge is 0.493 e. The van der Waals surface area contributed by atoms with E-state index in [1.165, 1.54) is 5.56 Å². The van der Waals surface area contributed by atoms with Gasteiger partial charge < -0.3 is 19.9 Å². The van der Waals surface area contributed by atoms with Gasteiger partial charge in [0.2, 0.25) is 0 Å². The van der Waals surface area contributed by atoms with Crippen LogP contribution in [0, 0.1) is 20.8 Å². The first kappa shape index (κ1) is 15.0. The molecule has 21 heavy (non-hydrogen) atoms. The lowest BCUT2D eigenvalue weighted by atomic mass is 10.1. The lowest BCUT2D eigenvalue weighted by Crippen LogP contribution is -1.98. The van der Waals surface area contributed by atoms with Gasteiger partial charge in [0.15, 0.2) is 17.2 Å². The van der Waals surface area contributed by atoms with Gasteiger partial charge >= 0.3 is 0 Å². The number of anilines is 1. The molecule has 0 aliphatic carbocycles. The first-order valence-corrected chi connectivity index (χ1v) is 6.73. The summed E-state index contributed by atoms with van der Waals surface area (Å²) in [5, 5.41) is 0. The predicted molar refractivity (Wildman–Crippen MR) is 84.7 cm³/mol. The Kier molecular flexibility index (Phi) is 4.26. The Balaban J connectivity index is 2.45. The third-order valence-electron chi connectivity index (χ3n) is 3.50. The van der Waals surface area contributed by atoms with Gasteiger partial charge in [0, 0.05) is 12.1 Å². The Morgan fingerprint density at radius 1 is 0.762 bits per heavy atom. The smallest absolute Gasteiger partial charge is 0.164 e. The maximum absolute atomic E-state index is 6.03. The number of ether oxygens (including phenoxy) is 3. The van der Waals surface area contributed by atoms with Crippen molar-refractivity contribution >= 4 is 5.69 Å². The Morgan fingerprint density at radius 3 is 2.00 bits per heavy atom. The highest BCUT2D eigenvalue weighted by molar-refractivity contribution is 5.63. The van der Waals surface area contributed by atoms with E-state index in [0.29, 0.717) is 22.9 Å². The van der Waals surface area contributed by atoms with E-state index in [4.69, 9.17) is 19.9 Å². The summed E-state index contributed by atoms with van der Waals surface area (Å²) in [7, 11) is 3.16. The summed E-state index contributed by atoms with van der Waals surface area (Å²) < 4.78 is 16.5. The average Bonchev–Trinajstić information content (AvgIpc) is 2.45. The molecule has 0 aromatic heterocycles. The third-order valence-corrected chi connectivity index (χ3v) is 3.50. The van der Waals surface area contributed by atoms with Crippen molar-refractivity contribution in [3.05, 3.63) is 41.0 Å². The number of nitrogens with two attached hydrogens (primary N) is 1. The normalized spacial score (nSPS) is 10.3. The first-order chi connectivity index (χ1) is 9.96. The van der Waals surface area contributed by atoms with E-state index in [9.17, 15) is 0 Å². The van der Waals surface area contributed by atoms with Crippen molar-refractivity contribution in [2.24, 2.45) is 0 Å². The lowest BCUT2D eigenvalue weighted by Gasteiger charge is -2.16. The van der Waals surface area contributed by atoms with Crippen LogP contribution in [0.25, 0.3) is 0 Å². The third kappa shape index (κ3) is 3.05. The van der Waals surface area contributed by atoms with E-state index in [1.54, 1.807) is 26.4 Å². The summed E-state index contributed by atoms with van der Waals surface area (Å²) in [5.74, 6) is 2.52. The highest BCUT2D eigenvalue weighted by atomic mass is 16.5. The standard InChI is InChI=1S/C17H21NO3/c1-10-6-11(2)12(3)14(7-10)21-15-9-17(20-5)16(19-4)8-13(15)18/h6-9H,18H2,1-5H3. The molecule has 0 aliphatic rings. The Hall–Kier alpha value is -2.36. The number of rotatable bonds is 4. The fourth-order valence-electron chi connectivity index (χ4n) is 2.19. The molecule has 0 heterocycles. The summed E-state index contributed by atoms with van der Waals surface area (Å²) in [6.45, 7) is 6.13. The molecule has 0 saturated heterocycles. The lowest BCUT2D eigenvalue weighted by molar-refractivity contribution is 0.352. The molecular weight excluding hydrogens is 266 g/mol. The molecule has 0 bridgehead atoms. The van der Waals surface area contributed by atoms with E-state index in [-0.39, 0.29) is 0 Å². The second-order valence-electron chi connectivity index (χ2n) is 5.05. The molecule has 112 valence electrons. The highest BCUT2D eigenvalue weighted by Crippen LogP contribution is 2.39. The Morgan fingerprint density at radius 2 is 1.38 bits per heavy atom. The molecule has 0 spiro atoms. The second-order valence-corrected chi connectivity index (χ2v) is 5.05. The van der Waals surface area contributed by atoms with E-state index in [0.717, 1.165) is 16.9 Å². The van der Waals surface area contributed by atoms with Gasteiger partial charge in [-0.2, -0.15) is 0 Å². The van der Waals surface area contributed by atoms with Gasteiger partial charge in [0.1, 0.15) is 5.75 Å². The van der Waals surface area contributed by atoms with Crippen molar-refractivity contribution in [1.82, 2.24) is 0 Å². The van der Waals surface area contributed by atoms with E-state index >= 15 is 0 Å². The topological polar surface area (TPSA) is 53.7 Å². The number of methoxy groups -OCH3 is 2. The van der Waals surface area contributed by atoms with Crippen LogP contribution in [0.3, 0.4) is 0 Å². The van der Waals surface area contributed by atoms with Crippen LogP contribution in [-0.2, 0) is 0 Å². The summed E-state index contributed by atoms with van der Waals surface area (Å²) in [5.41, 5.74) is 9.96. The molecule has 0 aliphatic heterocycles. The molecule has 0 saturated carbocycles. The van der Waals surface area contributed by atoms with Gasteiger partial charge in [-0.15, -0.1) is 0 Å². The monoisotopic (exact) mass is 287 g/mol. The summed E-state index contributed by atoms with van der Waals surface area (Å²) in [6.07, 6.45) is 0. The van der Waals surface area contributed by atoms with Crippen molar-refractivity contribution in [3.8, 4) is 23.0 Å². The van der Waals surface area contributed by atoms with Crippen molar-refractivity contribution in [3.63, 3.8) is 0 Å². The molecule has 0 unspecified atom stereocenters. The predicted octanol–water partition coefficient (Wildman–Crippen LogP) is 4.00. The van der Waals surface area contributed by atoms with Gasteiger partial charge in [0.05, 0.1) is 19.9 Å². The minimum Gasteiger partial charge on any atom is -0.493 e. The second kappa shape index (κ2) is 5.95. The highest BCUT2D eigenvalue weighted by Gasteiger charge is 2.13. The number of benzene rings is 2. The van der Waals surface area contributed by atoms with Gasteiger partial charge in [-0.1, -0.05) is 6.07 Å². The van der Waals surface area contributed by atoms with Crippen LogP contribution in [-0.4, -0.2) is 14.2 Å². The van der Waals surface area contributed by atoms with Crippen molar-refractivity contribution in [2.45, 2.75) is 20.8 Å². The van der Waals surface area contributed by atoms with Crippen LogP contribution in [0.4, 0.5) is 5.69 Å². The summed E-state index contributed by atoms with van der Waals surface area (Å²) >= 11 is 0. The van der Waals surface area contributed by atoms with Crippen LogP contribution in [0.5, 0.6) is 23.0 Å². The van der Waals surface area contributed by atoms with Gasteiger partial charge in [0.25, 0.3) is 0 Å². The van der Waals surface area contributed by atoms with Crippen molar-refractivity contribution in [1.29, 1.82) is 0 Å².